The van der Waals surface area contributed by atoms with E-state index < -0.39 is 0 Å². The lowest BCUT2D eigenvalue weighted by Gasteiger charge is -2.31. The van der Waals surface area contributed by atoms with Gasteiger partial charge in [-0.2, -0.15) is 0 Å². The molecule has 0 radical (unpaired) electrons. The molecule has 0 N–H and O–H groups in total. The number of hydrogen-bond acceptors (Lipinski definition) is 3. The molecule has 1 aliphatic heterocycles. The average molecular weight is 374 g/mol. The normalized spacial score (nSPS) is 20.1. The van der Waals surface area contributed by atoms with Crippen molar-refractivity contribution < 1.29 is 4.92 Å². The van der Waals surface area contributed by atoms with Crippen molar-refractivity contribution in [3.05, 3.63) is 31.9 Å². The number of benzene rings is 1. The van der Waals surface area contributed by atoms with Crippen molar-refractivity contribution in [3.63, 3.8) is 0 Å². The van der Waals surface area contributed by atoms with Crippen molar-refractivity contribution in [2.45, 2.75) is 45.1 Å². The highest BCUT2D eigenvalue weighted by Crippen LogP contribution is 2.30. The number of anilines is 1. The molecule has 1 fully saturated rings. The molecular weight excluding hydrogens is 355 g/mol. The molecule has 2 rings (SSSR count). The Morgan fingerprint density at radius 2 is 2.21 bits per heavy atom. The molecule has 1 heterocycles. The van der Waals surface area contributed by atoms with E-state index in [4.69, 9.17) is 0 Å². The molecule has 0 bridgehead atoms. The van der Waals surface area contributed by atoms with E-state index in [1.807, 2.05) is 12.1 Å². The first kappa shape index (κ1) is 14.6. The molecule has 4 nitrogen and oxygen atoms in total. The van der Waals surface area contributed by atoms with E-state index in [-0.39, 0.29) is 10.6 Å². The number of nitro benzene ring substituents is 1. The predicted octanol–water partition coefficient (Wildman–Crippen LogP) is 4.36. The Kier molecular flexibility index (Phi) is 5.01. The van der Waals surface area contributed by atoms with E-state index in [9.17, 15) is 10.1 Å². The molecule has 104 valence electrons. The van der Waals surface area contributed by atoms with Crippen LogP contribution in [0.2, 0.25) is 0 Å². The van der Waals surface area contributed by atoms with Crippen LogP contribution in [0, 0.1) is 13.7 Å². The average Bonchev–Trinajstić information content (AvgIpc) is 2.63. The maximum atomic E-state index is 10.9. The molecule has 1 aromatic carbocycles. The van der Waals surface area contributed by atoms with Gasteiger partial charge in [0.15, 0.2) is 0 Å². The quantitative estimate of drug-likeness (QED) is 0.449. The van der Waals surface area contributed by atoms with Gasteiger partial charge in [0, 0.05) is 24.3 Å². The third kappa shape index (κ3) is 3.38. The lowest BCUT2D eigenvalue weighted by molar-refractivity contribution is -0.385. The number of rotatable bonds is 3. The van der Waals surface area contributed by atoms with Gasteiger partial charge in [0.2, 0.25) is 0 Å². The monoisotopic (exact) mass is 374 g/mol. The Labute approximate surface area is 127 Å². The van der Waals surface area contributed by atoms with Crippen LogP contribution in [0.3, 0.4) is 0 Å². The SMILES string of the molecule is CCC1CCCCCN1c1ccc([N+](=O)[O-])c(I)c1. The number of nitro groups is 1. The Hall–Kier alpha value is -0.850. The van der Waals surface area contributed by atoms with Crippen LogP contribution in [0.1, 0.15) is 39.0 Å². The summed E-state index contributed by atoms with van der Waals surface area (Å²) < 4.78 is 0.721. The summed E-state index contributed by atoms with van der Waals surface area (Å²) in [5, 5.41) is 10.9. The van der Waals surface area contributed by atoms with Gasteiger partial charge in [0.25, 0.3) is 5.69 Å². The van der Waals surface area contributed by atoms with E-state index in [2.05, 4.69) is 34.4 Å². The minimum Gasteiger partial charge on any atom is -0.369 e. The number of halogens is 1. The zero-order valence-electron chi connectivity index (χ0n) is 11.1. The van der Waals surface area contributed by atoms with Crippen molar-refractivity contribution in [2.24, 2.45) is 0 Å². The summed E-state index contributed by atoms with van der Waals surface area (Å²) in [6.45, 7) is 3.28. The van der Waals surface area contributed by atoms with E-state index in [0.29, 0.717) is 6.04 Å². The van der Waals surface area contributed by atoms with Gasteiger partial charge in [-0.1, -0.05) is 19.8 Å². The van der Waals surface area contributed by atoms with Gasteiger partial charge in [-0.25, -0.2) is 0 Å². The Morgan fingerprint density at radius 1 is 1.42 bits per heavy atom. The van der Waals surface area contributed by atoms with Crippen LogP contribution in [0.25, 0.3) is 0 Å². The Morgan fingerprint density at radius 3 is 2.84 bits per heavy atom. The molecule has 0 saturated carbocycles. The van der Waals surface area contributed by atoms with Crippen molar-refractivity contribution in [2.75, 3.05) is 11.4 Å². The van der Waals surface area contributed by atoms with Crippen LogP contribution in [0.5, 0.6) is 0 Å². The predicted molar refractivity (Wildman–Crippen MR) is 85.7 cm³/mol. The summed E-state index contributed by atoms with van der Waals surface area (Å²) in [5.41, 5.74) is 1.33. The third-order valence-corrected chi connectivity index (χ3v) is 4.67. The largest absolute Gasteiger partial charge is 0.369 e. The van der Waals surface area contributed by atoms with Crippen LogP contribution in [0.4, 0.5) is 11.4 Å². The molecular formula is C14H19IN2O2. The molecule has 0 spiro atoms. The maximum Gasteiger partial charge on any atom is 0.282 e. The molecule has 1 atom stereocenters. The van der Waals surface area contributed by atoms with Gasteiger partial charge in [-0.3, -0.25) is 10.1 Å². The van der Waals surface area contributed by atoms with Gasteiger partial charge in [0.05, 0.1) is 8.49 Å². The highest BCUT2D eigenvalue weighted by molar-refractivity contribution is 14.1. The molecule has 0 amide bonds. The van der Waals surface area contributed by atoms with E-state index >= 15 is 0 Å². The van der Waals surface area contributed by atoms with Gasteiger partial charge in [-0.05, 0) is 54.0 Å². The molecule has 1 aliphatic rings. The van der Waals surface area contributed by atoms with Crippen molar-refractivity contribution >= 4 is 34.0 Å². The number of hydrogen-bond donors (Lipinski definition) is 0. The zero-order chi connectivity index (χ0) is 13.8. The summed E-state index contributed by atoms with van der Waals surface area (Å²) in [6, 6.07) is 6.05. The highest BCUT2D eigenvalue weighted by Gasteiger charge is 2.21. The first-order chi connectivity index (χ1) is 9.13. The summed E-state index contributed by atoms with van der Waals surface area (Å²) in [6.07, 6.45) is 6.15. The minimum absolute atomic E-state index is 0.201. The van der Waals surface area contributed by atoms with Crippen molar-refractivity contribution in [1.82, 2.24) is 0 Å². The smallest absolute Gasteiger partial charge is 0.282 e. The van der Waals surface area contributed by atoms with Gasteiger partial charge in [-0.15, -0.1) is 0 Å². The second-order valence-electron chi connectivity index (χ2n) is 5.00. The van der Waals surface area contributed by atoms with Gasteiger partial charge < -0.3 is 4.90 Å². The second-order valence-corrected chi connectivity index (χ2v) is 6.16. The molecule has 1 unspecified atom stereocenters. The molecule has 1 aromatic rings. The zero-order valence-corrected chi connectivity index (χ0v) is 13.3. The van der Waals surface area contributed by atoms with Crippen LogP contribution in [-0.2, 0) is 0 Å². The van der Waals surface area contributed by atoms with E-state index in [1.54, 1.807) is 6.07 Å². The maximum absolute atomic E-state index is 10.9. The standard InChI is InChI=1S/C14H19IN2O2/c1-2-11-6-4-3-5-9-16(11)12-7-8-14(17(18)19)13(15)10-12/h7-8,10-11H,2-6,9H2,1H3. The summed E-state index contributed by atoms with van der Waals surface area (Å²) in [7, 11) is 0. The van der Waals surface area contributed by atoms with Crippen LogP contribution in [-0.4, -0.2) is 17.5 Å². The first-order valence-corrected chi connectivity index (χ1v) is 7.92. The summed E-state index contributed by atoms with van der Waals surface area (Å²) in [4.78, 5) is 13.0. The highest BCUT2D eigenvalue weighted by atomic mass is 127. The second kappa shape index (κ2) is 6.54. The van der Waals surface area contributed by atoms with Crippen molar-refractivity contribution in [3.8, 4) is 0 Å². The molecule has 1 saturated heterocycles. The van der Waals surface area contributed by atoms with Crippen LogP contribution < -0.4 is 4.90 Å². The minimum atomic E-state index is -0.314. The lowest BCUT2D eigenvalue weighted by Crippen LogP contribution is -2.34. The fraction of sp³-hybridized carbons (Fsp3) is 0.571. The fourth-order valence-corrected chi connectivity index (χ4v) is 3.46. The third-order valence-electron chi connectivity index (χ3n) is 3.81. The summed E-state index contributed by atoms with van der Waals surface area (Å²) >= 11 is 2.06. The molecule has 19 heavy (non-hydrogen) atoms. The first-order valence-electron chi connectivity index (χ1n) is 6.84. The summed E-state index contributed by atoms with van der Waals surface area (Å²) in [5.74, 6) is 0. The molecule has 0 aromatic heterocycles. The Bertz CT molecular complexity index is 465. The van der Waals surface area contributed by atoms with Gasteiger partial charge >= 0.3 is 0 Å². The number of nitrogens with zero attached hydrogens (tertiary/aromatic N) is 2. The van der Waals surface area contributed by atoms with Crippen molar-refractivity contribution in [1.29, 1.82) is 0 Å². The van der Waals surface area contributed by atoms with Crippen LogP contribution >= 0.6 is 22.6 Å². The Balaban J connectivity index is 2.28. The fourth-order valence-electron chi connectivity index (χ4n) is 2.76. The van der Waals surface area contributed by atoms with E-state index in [0.717, 1.165) is 22.2 Å². The molecule has 5 heteroatoms. The lowest BCUT2D eigenvalue weighted by atomic mass is 10.1. The van der Waals surface area contributed by atoms with Crippen LogP contribution in [0.15, 0.2) is 18.2 Å². The molecule has 0 aliphatic carbocycles. The van der Waals surface area contributed by atoms with E-state index in [1.165, 1.54) is 25.7 Å². The topological polar surface area (TPSA) is 46.4 Å². The van der Waals surface area contributed by atoms with Gasteiger partial charge in [0.1, 0.15) is 0 Å².